The van der Waals surface area contributed by atoms with Crippen molar-refractivity contribution in [1.82, 2.24) is 15.5 Å². The highest BCUT2D eigenvalue weighted by molar-refractivity contribution is 6.07. The number of hydrogen-bond donors (Lipinski definition) is 2. The van der Waals surface area contributed by atoms with Gasteiger partial charge in [-0.2, -0.15) is 0 Å². The maximum absolute atomic E-state index is 13.6. The van der Waals surface area contributed by atoms with Crippen molar-refractivity contribution in [2.45, 2.75) is 50.5 Å². The summed E-state index contributed by atoms with van der Waals surface area (Å²) in [5.41, 5.74) is 1.11. The fourth-order valence-electron chi connectivity index (χ4n) is 4.47. The molecule has 27 heavy (non-hydrogen) atoms. The molecular formula is C20H24FN3O3. The summed E-state index contributed by atoms with van der Waals surface area (Å²) in [4.78, 5) is 38.6. The zero-order valence-electron chi connectivity index (χ0n) is 15.4. The van der Waals surface area contributed by atoms with Crippen molar-refractivity contribution in [3.63, 3.8) is 0 Å². The summed E-state index contributed by atoms with van der Waals surface area (Å²) in [5, 5.41) is 5.08. The van der Waals surface area contributed by atoms with Crippen molar-refractivity contribution in [2.75, 3.05) is 13.1 Å². The quantitative estimate of drug-likeness (QED) is 0.793. The molecule has 1 aromatic rings. The van der Waals surface area contributed by atoms with Crippen LogP contribution in [0.2, 0.25) is 0 Å². The van der Waals surface area contributed by atoms with E-state index in [-0.39, 0.29) is 35.9 Å². The molecule has 4 amide bonds. The molecule has 6 nitrogen and oxygen atoms in total. The monoisotopic (exact) mass is 373 g/mol. The Labute approximate surface area is 157 Å². The largest absolute Gasteiger partial charge is 0.342 e. The van der Waals surface area contributed by atoms with Crippen LogP contribution in [0.4, 0.5) is 9.18 Å². The van der Waals surface area contributed by atoms with Gasteiger partial charge in [-0.25, -0.2) is 9.18 Å². The SMILES string of the molecule is C[C@H]1CN(C(=O)CC[C@@]2(C3CC3)NC(=O)NC2=O)CCc2ccc(F)cc21. The van der Waals surface area contributed by atoms with Gasteiger partial charge in [-0.3, -0.25) is 14.9 Å². The number of urea groups is 1. The first-order chi connectivity index (χ1) is 12.9. The molecule has 0 aromatic heterocycles. The number of fused-ring (bicyclic) bond motifs is 1. The second-order valence-electron chi connectivity index (χ2n) is 7.99. The van der Waals surface area contributed by atoms with Gasteiger partial charge >= 0.3 is 6.03 Å². The lowest BCUT2D eigenvalue weighted by Crippen LogP contribution is -2.50. The lowest BCUT2D eigenvalue weighted by atomic mass is 9.87. The van der Waals surface area contributed by atoms with Crippen LogP contribution in [0, 0.1) is 11.7 Å². The second-order valence-corrected chi connectivity index (χ2v) is 7.99. The average molecular weight is 373 g/mol. The highest BCUT2D eigenvalue weighted by Gasteiger charge is 2.55. The number of carbonyl (C=O) groups excluding carboxylic acids is 3. The van der Waals surface area contributed by atoms with E-state index in [4.69, 9.17) is 0 Å². The molecule has 0 spiro atoms. The lowest BCUT2D eigenvalue weighted by molar-refractivity contribution is -0.132. The number of benzene rings is 1. The van der Waals surface area contributed by atoms with Crippen LogP contribution in [0.1, 0.15) is 49.7 Å². The summed E-state index contributed by atoms with van der Waals surface area (Å²) in [5.74, 6) is -0.421. The molecule has 2 fully saturated rings. The smallest absolute Gasteiger partial charge is 0.322 e. The van der Waals surface area contributed by atoms with E-state index < -0.39 is 11.6 Å². The Balaban J connectivity index is 1.43. The maximum atomic E-state index is 13.6. The van der Waals surface area contributed by atoms with Gasteiger partial charge in [0.15, 0.2) is 0 Å². The number of nitrogens with one attached hydrogen (secondary N) is 2. The van der Waals surface area contributed by atoms with E-state index >= 15 is 0 Å². The maximum Gasteiger partial charge on any atom is 0.322 e. The van der Waals surface area contributed by atoms with Crippen molar-refractivity contribution in [2.24, 2.45) is 5.92 Å². The zero-order chi connectivity index (χ0) is 19.2. The van der Waals surface area contributed by atoms with Crippen LogP contribution in [-0.2, 0) is 16.0 Å². The van der Waals surface area contributed by atoms with E-state index in [9.17, 15) is 18.8 Å². The van der Waals surface area contributed by atoms with Crippen LogP contribution in [0.25, 0.3) is 0 Å². The van der Waals surface area contributed by atoms with Gasteiger partial charge in [-0.15, -0.1) is 0 Å². The zero-order valence-corrected chi connectivity index (χ0v) is 15.4. The Bertz CT molecular complexity index is 808. The molecule has 0 bridgehead atoms. The number of carbonyl (C=O) groups is 3. The molecule has 2 heterocycles. The first-order valence-corrected chi connectivity index (χ1v) is 9.59. The molecule has 2 N–H and O–H groups in total. The minimum absolute atomic E-state index is 0.0240. The van der Waals surface area contributed by atoms with E-state index in [1.165, 1.54) is 6.07 Å². The number of hydrogen-bond acceptors (Lipinski definition) is 3. The van der Waals surface area contributed by atoms with Crippen LogP contribution < -0.4 is 10.6 Å². The summed E-state index contributed by atoms with van der Waals surface area (Å²) in [7, 11) is 0. The molecule has 2 aliphatic heterocycles. The van der Waals surface area contributed by atoms with Crippen LogP contribution in [0.3, 0.4) is 0 Å². The van der Waals surface area contributed by atoms with Gasteiger partial charge in [0, 0.05) is 19.5 Å². The Morgan fingerprint density at radius 3 is 2.78 bits per heavy atom. The standard InChI is InChI=1S/C20H24FN3O3/c1-12-11-24(9-7-13-2-5-15(21)10-16(12)13)17(25)6-8-20(14-3-4-14)18(26)22-19(27)23-20/h2,5,10,12,14H,3-4,6-9,11H2,1H3,(H2,22,23,26,27)/t12-,20-/m0/s1. The predicted molar refractivity (Wildman–Crippen MR) is 96.5 cm³/mol. The van der Waals surface area contributed by atoms with E-state index in [0.717, 1.165) is 24.0 Å². The molecule has 7 heteroatoms. The number of rotatable bonds is 4. The Morgan fingerprint density at radius 1 is 1.33 bits per heavy atom. The van der Waals surface area contributed by atoms with Crippen molar-refractivity contribution >= 4 is 17.8 Å². The van der Waals surface area contributed by atoms with Gasteiger partial charge in [-0.05, 0) is 60.8 Å². The highest BCUT2D eigenvalue weighted by atomic mass is 19.1. The summed E-state index contributed by atoms with van der Waals surface area (Å²) in [6, 6.07) is 4.36. The summed E-state index contributed by atoms with van der Waals surface area (Å²) in [6.45, 7) is 3.11. The van der Waals surface area contributed by atoms with Crippen molar-refractivity contribution < 1.29 is 18.8 Å². The fourth-order valence-corrected chi connectivity index (χ4v) is 4.47. The number of nitrogens with zero attached hydrogens (tertiary/aromatic N) is 1. The van der Waals surface area contributed by atoms with Crippen molar-refractivity contribution in [3.05, 3.63) is 35.1 Å². The summed E-state index contributed by atoms with van der Waals surface area (Å²) >= 11 is 0. The van der Waals surface area contributed by atoms with Crippen LogP contribution in [-0.4, -0.2) is 41.4 Å². The molecule has 1 saturated carbocycles. The van der Waals surface area contributed by atoms with E-state index in [1.54, 1.807) is 17.0 Å². The van der Waals surface area contributed by atoms with Crippen molar-refractivity contribution in [3.8, 4) is 0 Å². The first kappa shape index (κ1) is 17.9. The van der Waals surface area contributed by atoms with Crippen LogP contribution >= 0.6 is 0 Å². The molecule has 1 aliphatic carbocycles. The van der Waals surface area contributed by atoms with Crippen LogP contribution in [0.5, 0.6) is 0 Å². The second kappa shape index (κ2) is 6.62. The normalized spacial score (nSPS) is 27.6. The Hall–Kier alpha value is -2.44. The van der Waals surface area contributed by atoms with E-state index in [0.29, 0.717) is 25.9 Å². The van der Waals surface area contributed by atoms with E-state index in [1.807, 2.05) is 6.92 Å². The molecule has 0 radical (unpaired) electrons. The number of halogens is 1. The molecule has 0 unspecified atom stereocenters. The topological polar surface area (TPSA) is 78.5 Å². The van der Waals surface area contributed by atoms with Crippen molar-refractivity contribution in [1.29, 1.82) is 0 Å². The lowest BCUT2D eigenvalue weighted by Gasteiger charge is -2.28. The highest BCUT2D eigenvalue weighted by Crippen LogP contribution is 2.43. The van der Waals surface area contributed by atoms with Gasteiger partial charge in [0.1, 0.15) is 11.4 Å². The fraction of sp³-hybridized carbons (Fsp3) is 0.550. The predicted octanol–water partition coefficient (Wildman–Crippen LogP) is 2.08. The molecule has 2 atom stereocenters. The summed E-state index contributed by atoms with van der Waals surface area (Å²) in [6.07, 6.45) is 3.01. The first-order valence-electron chi connectivity index (χ1n) is 9.59. The molecule has 144 valence electrons. The van der Waals surface area contributed by atoms with Gasteiger partial charge in [0.05, 0.1) is 0 Å². The molecule has 3 aliphatic rings. The minimum atomic E-state index is -0.934. The summed E-state index contributed by atoms with van der Waals surface area (Å²) < 4.78 is 13.6. The molecular weight excluding hydrogens is 349 g/mol. The third-order valence-corrected chi connectivity index (χ3v) is 6.11. The Kier molecular flexibility index (Phi) is 4.40. The molecule has 1 aromatic carbocycles. The van der Waals surface area contributed by atoms with Gasteiger partial charge in [0.25, 0.3) is 5.91 Å². The molecule has 4 rings (SSSR count). The van der Waals surface area contributed by atoms with Gasteiger partial charge < -0.3 is 10.2 Å². The third kappa shape index (κ3) is 3.31. The van der Waals surface area contributed by atoms with Gasteiger partial charge in [-0.1, -0.05) is 13.0 Å². The van der Waals surface area contributed by atoms with Crippen LogP contribution in [0.15, 0.2) is 18.2 Å². The average Bonchev–Trinajstić information content (AvgIpc) is 3.44. The minimum Gasteiger partial charge on any atom is -0.342 e. The third-order valence-electron chi connectivity index (χ3n) is 6.11. The number of amides is 4. The molecule has 1 saturated heterocycles. The Morgan fingerprint density at radius 2 is 2.11 bits per heavy atom. The van der Waals surface area contributed by atoms with Gasteiger partial charge in [0.2, 0.25) is 5.91 Å². The number of imide groups is 1. The van der Waals surface area contributed by atoms with E-state index in [2.05, 4.69) is 10.6 Å².